The van der Waals surface area contributed by atoms with Crippen molar-refractivity contribution in [2.75, 3.05) is 13.7 Å². The molecule has 2 N–H and O–H groups in total. The molecule has 1 aliphatic rings. The van der Waals surface area contributed by atoms with Gasteiger partial charge < -0.3 is 15.4 Å². The third-order valence-electron chi connectivity index (χ3n) is 2.99. The molecule has 0 unspecified atom stereocenters. The molecular formula is C13H16N2O3. The summed E-state index contributed by atoms with van der Waals surface area (Å²) in [6, 6.07) is 8.66. The number of rotatable bonds is 3. The molecule has 1 fully saturated rings. The number of carbonyl (C=O) groups is 2. The van der Waals surface area contributed by atoms with Gasteiger partial charge in [0.15, 0.2) is 0 Å². The molecule has 0 bridgehead atoms. The monoisotopic (exact) mass is 248 g/mol. The number of nitrogens with one attached hydrogen (secondary N) is 2. The van der Waals surface area contributed by atoms with Crippen LogP contribution < -0.4 is 10.6 Å². The van der Waals surface area contributed by atoms with Crippen molar-refractivity contribution in [3.63, 3.8) is 0 Å². The fraction of sp³-hybridized carbons (Fsp3) is 0.385. The van der Waals surface area contributed by atoms with E-state index in [2.05, 4.69) is 15.4 Å². The van der Waals surface area contributed by atoms with Crippen LogP contribution in [0.4, 0.5) is 0 Å². The van der Waals surface area contributed by atoms with Crippen LogP contribution in [0.15, 0.2) is 30.3 Å². The number of amides is 1. The third kappa shape index (κ3) is 2.87. The maximum Gasteiger partial charge on any atom is 0.322 e. The van der Waals surface area contributed by atoms with E-state index in [1.165, 1.54) is 7.11 Å². The second-order valence-corrected chi connectivity index (χ2v) is 4.26. The molecule has 0 saturated carbocycles. The Labute approximate surface area is 106 Å². The summed E-state index contributed by atoms with van der Waals surface area (Å²) in [7, 11) is 1.36. The molecule has 0 aromatic heterocycles. The lowest BCUT2D eigenvalue weighted by atomic mass is 10.1. The first kappa shape index (κ1) is 12.6. The zero-order chi connectivity index (χ0) is 13.0. The molecule has 0 aliphatic carbocycles. The van der Waals surface area contributed by atoms with Gasteiger partial charge in [0.2, 0.25) is 0 Å². The number of hydrogen-bond acceptors (Lipinski definition) is 4. The molecule has 1 aliphatic heterocycles. The molecule has 1 aromatic carbocycles. The van der Waals surface area contributed by atoms with Crippen LogP contribution in [-0.4, -0.2) is 37.6 Å². The average Bonchev–Trinajstić information content (AvgIpc) is 2.87. The van der Waals surface area contributed by atoms with E-state index in [4.69, 9.17) is 0 Å². The summed E-state index contributed by atoms with van der Waals surface area (Å²) in [6.45, 7) is 0.582. The molecule has 1 saturated heterocycles. The quantitative estimate of drug-likeness (QED) is 0.756. The van der Waals surface area contributed by atoms with Gasteiger partial charge >= 0.3 is 5.97 Å². The summed E-state index contributed by atoms with van der Waals surface area (Å²) in [5.74, 6) is -0.403. The van der Waals surface area contributed by atoms with Gasteiger partial charge in [-0.3, -0.25) is 9.59 Å². The minimum absolute atomic E-state index is 0.0400. The zero-order valence-corrected chi connectivity index (χ0v) is 10.2. The minimum Gasteiger partial charge on any atom is -0.468 e. The van der Waals surface area contributed by atoms with Gasteiger partial charge in [0, 0.05) is 18.2 Å². The Bertz CT molecular complexity index is 433. The van der Waals surface area contributed by atoms with Crippen molar-refractivity contribution in [1.29, 1.82) is 0 Å². The standard InChI is InChI=1S/C13H16N2O3/c1-18-13(17)11-7-10(8-14-11)15-12(16)9-5-3-2-4-6-9/h2-6,10-11,14H,7-8H2,1H3,(H,15,16)/t10-,11-/m1/s1. The Morgan fingerprint density at radius 2 is 2.06 bits per heavy atom. The van der Waals surface area contributed by atoms with Crippen LogP contribution in [-0.2, 0) is 9.53 Å². The summed E-state index contributed by atoms with van der Waals surface area (Å²) in [4.78, 5) is 23.2. The highest BCUT2D eigenvalue weighted by atomic mass is 16.5. The molecular weight excluding hydrogens is 232 g/mol. The highest BCUT2D eigenvalue weighted by Crippen LogP contribution is 2.09. The summed E-state index contributed by atoms with van der Waals surface area (Å²) < 4.78 is 4.66. The van der Waals surface area contributed by atoms with Crippen LogP contribution >= 0.6 is 0 Å². The number of carbonyl (C=O) groups excluding carboxylic acids is 2. The van der Waals surface area contributed by atoms with Crippen LogP contribution in [0, 0.1) is 0 Å². The number of esters is 1. The Kier molecular flexibility index (Phi) is 3.94. The Balaban J connectivity index is 1.89. The van der Waals surface area contributed by atoms with Crippen LogP contribution in [0.2, 0.25) is 0 Å². The number of benzene rings is 1. The topological polar surface area (TPSA) is 67.4 Å². The fourth-order valence-electron chi connectivity index (χ4n) is 2.03. The lowest BCUT2D eigenvalue weighted by molar-refractivity contribution is -0.142. The molecule has 0 spiro atoms. The highest BCUT2D eigenvalue weighted by molar-refractivity contribution is 5.94. The molecule has 1 aromatic rings. The molecule has 5 heteroatoms. The predicted octanol–water partition coefficient (Wildman–Crippen LogP) is 0.320. The molecule has 5 nitrogen and oxygen atoms in total. The minimum atomic E-state index is -0.323. The summed E-state index contributed by atoms with van der Waals surface area (Å²) in [5.41, 5.74) is 0.624. The van der Waals surface area contributed by atoms with Crippen molar-refractivity contribution < 1.29 is 14.3 Å². The van der Waals surface area contributed by atoms with E-state index in [1.807, 2.05) is 18.2 Å². The largest absolute Gasteiger partial charge is 0.468 e. The maximum atomic E-state index is 11.9. The van der Waals surface area contributed by atoms with Crippen molar-refractivity contribution in [2.24, 2.45) is 0 Å². The van der Waals surface area contributed by atoms with Crippen molar-refractivity contribution in [2.45, 2.75) is 18.5 Å². The SMILES string of the molecule is COC(=O)[C@H]1C[C@@H](NC(=O)c2ccccc2)CN1. The van der Waals surface area contributed by atoms with E-state index < -0.39 is 0 Å². The Hall–Kier alpha value is -1.88. The fourth-order valence-corrected chi connectivity index (χ4v) is 2.03. The second kappa shape index (κ2) is 5.64. The van der Waals surface area contributed by atoms with Crippen LogP contribution in [0.3, 0.4) is 0 Å². The Morgan fingerprint density at radius 3 is 2.72 bits per heavy atom. The van der Waals surface area contributed by atoms with Gasteiger partial charge in [0.05, 0.1) is 7.11 Å². The number of ether oxygens (including phenoxy) is 1. The van der Waals surface area contributed by atoms with Crippen LogP contribution in [0.25, 0.3) is 0 Å². The Morgan fingerprint density at radius 1 is 1.33 bits per heavy atom. The molecule has 96 valence electrons. The van der Waals surface area contributed by atoms with Gasteiger partial charge in [-0.25, -0.2) is 0 Å². The molecule has 1 heterocycles. The summed E-state index contributed by atoms with van der Waals surface area (Å²) in [5, 5.41) is 5.92. The smallest absolute Gasteiger partial charge is 0.322 e. The predicted molar refractivity (Wildman–Crippen MR) is 66.1 cm³/mol. The highest BCUT2D eigenvalue weighted by Gasteiger charge is 2.30. The van der Waals surface area contributed by atoms with E-state index in [9.17, 15) is 9.59 Å². The van der Waals surface area contributed by atoms with Crippen molar-refractivity contribution in [3.05, 3.63) is 35.9 Å². The van der Waals surface area contributed by atoms with E-state index in [0.29, 0.717) is 18.5 Å². The second-order valence-electron chi connectivity index (χ2n) is 4.26. The van der Waals surface area contributed by atoms with Gasteiger partial charge in [-0.1, -0.05) is 18.2 Å². The zero-order valence-electron chi connectivity index (χ0n) is 10.2. The molecule has 2 atom stereocenters. The van der Waals surface area contributed by atoms with Gasteiger partial charge in [0.25, 0.3) is 5.91 Å². The number of methoxy groups -OCH3 is 1. The van der Waals surface area contributed by atoms with Crippen molar-refractivity contribution in [3.8, 4) is 0 Å². The van der Waals surface area contributed by atoms with E-state index in [-0.39, 0.29) is 24.0 Å². The van der Waals surface area contributed by atoms with E-state index in [0.717, 1.165) is 0 Å². The van der Waals surface area contributed by atoms with Crippen molar-refractivity contribution >= 4 is 11.9 Å². The van der Waals surface area contributed by atoms with E-state index >= 15 is 0 Å². The van der Waals surface area contributed by atoms with Gasteiger partial charge in [0.1, 0.15) is 6.04 Å². The molecule has 18 heavy (non-hydrogen) atoms. The lowest BCUT2D eigenvalue weighted by Gasteiger charge is -2.11. The van der Waals surface area contributed by atoms with Gasteiger partial charge in [-0.05, 0) is 18.6 Å². The molecule has 2 rings (SSSR count). The maximum absolute atomic E-state index is 11.9. The lowest BCUT2D eigenvalue weighted by Crippen LogP contribution is -2.36. The summed E-state index contributed by atoms with van der Waals surface area (Å²) in [6.07, 6.45) is 0.561. The van der Waals surface area contributed by atoms with Crippen LogP contribution in [0.5, 0.6) is 0 Å². The molecule has 1 amide bonds. The average molecular weight is 248 g/mol. The first-order valence-electron chi connectivity index (χ1n) is 5.88. The van der Waals surface area contributed by atoms with Crippen molar-refractivity contribution in [1.82, 2.24) is 10.6 Å². The normalized spacial score (nSPS) is 22.5. The first-order chi connectivity index (χ1) is 8.70. The van der Waals surface area contributed by atoms with E-state index in [1.54, 1.807) is 12.1 Å². The first-order valence-corrected chi connectivity index (χ1v) is 5.88. The number of hydrogen-bond donors (Lipinski definition) is 2. The molecule has 0 radical (unpaired) electrons. The third-order valence-corrected chi connectivity index (χ3v) is 2.99. The summed E-state index contributed by atoms with van der Waals surface area (Å²) >= 11 is 0. The van der Waals surface area contributed by atoms with Crippen LogP contribution in [0.1, 0.15) is 16.8 Å². The van der Waals surface area contributed by atoms with Gasteiger partial charge in [-0.2, -0.15) is 0 Å². The van der Waals surface area contributed by atoms with Gasteiger partial charge in [-0.15, -0.1) is 0 Å².